The second-order valence-corrected chi connectivity index (χ2v) is 6.18. The maximum absolute atomic E-state index is 11.5. The van der Waals surface area contributed by atoms with Gasteiger partial charge in [0.15, 0.2) is 13.2 Å². The molecule has 1 aromatic carbocycles. The van der Waals surface area contributed by atoms with Gasteiger partial charge < -0.3 is 18.9 Å². The summed E-state index contributed by atoms with van der Waals surface area (Å²) in [5.41, 5.74) is 0. The van der Waals surface area contributed by atoms with E-state index in [2.05, 4.69) is 0 Å². The number of carbonyl (C=O) groups excluding carboxylic acids is 2. The Labute approximate surface area is 150 Å². The van der Waals surface area contributed by atoms with Gasteiger partial charge in [0.2, 0.25) is 0 Å². The van der Waals surface area contributed by atoms with Crippen LogP contribution < -0.4 is 9.47 Å². The van der Waals surface area contributed by atoms with Gasteiger partial charge in [-0.15, -0.1) is 0 Å². The summed E-state index contributed by atoms with van der Waals surface area (Å²) in [6.45, 7) is 6.30. The van der Waals surface area contributed by atoms with Gasteiger partial charge in [0.1, 0.15) is 11.5 Å². The molecule has 0 aliphatic rings. The first-order chi connectivity index (χ1) is 11.2. The van der Waals surface area contributed by atoms with E-state index in [-0.39, 0.29) is 47.0 Å². The van der Waals surface area contributed by atoms with Crippen molar-refractivity contribution in [2.24, 2.45) is 0 Å². The molecular formula is C16H20Cl2O6. The average molecular weight is 379 g/mol. The van der Waals surface area contributed by atoms with Crippen LogP contribution in [0.5, 0.6) is 11.5 Å². The van der Waals surface area contributed by atoms with Crippen molar-refractivity contribution in [2.75, 3.05) is 13.2 Å². The summed E-state index contributed by atoms with van der Waals surface area (Å²) in [5, 5.41) is 0.406. The molecule has 0 aliphatic carbocycles. The van der Waals surface area contributed by atoms with E-state index in [0.717, 1.165) is 0 Å². The summed E-state index contributed by atoms with van der Waals surface area (Å²) >= 11 is 12.0. The number of rotatable bonds is 8. The molecule has 1 rings (SSSR count). The monoisotopic (exact) mass is 378 g/mol. The molecular weight excluding hydrogens is 359 g/mol. The minimum Gasteiger partial charge on any atom is -0.480 e. The van der Waals surface area contributed by atoms with Crippen LogP contribution in [0, 0.1) is 0 Å². The van der Waals surface area contributed by atoms with Crippen molar-refractivity contribution in [3.05, 3.63) is 22.2 Å². The molecule has 0 amide bonds. The first-order valence-electron chi connectivity index (χ1n) is 7.32. The van der Waals surface area contributed by atoms with Gasteiger partial charge in [0, 0.05) is 6.07 Å². The highest BCUT2D eigenvalue weighted by Gasteiger charge is 2.14. The molecule has 0 fully saturated rings. The van der Waals surface area contributed by atoms with Gasteiger partial charge in [0.25, 0.3) is 0 Å². The topological polar surface area (TPSA) is 71.1 Å². The van der Waals surface area contributed by atoms with Gasteiger partial charge in [-0.25, -0.2) is 9.59 Å². The highest BCUT2D eigenvalue weighted by atomic mass is 35.5. The van der Waals surface area contributed by atoms with Crippen LogP contribution in [0.4, 0.5) is 0 Å². The van der Waals surface area contributed by atoms with Crippen LogP contribution >= 0.6 is 23.2 Å². The third-order valence-electron chi connectivity index (χ3n) is 2.41. The lowest BCUT2D eigenvalue weighted by Gasteiger charge is -2.13. The first kappa shape index (κ1) is 20.4. The summed E-state index contributed by atoms with van der Waals surface area (Å²) < 4.78 is 20.5. The largest absolute Gasteiger partial charge is 0.480 e. The van der Waals surface area contributed by atoms with Crippen LogP contribution in [-0.4, -0.2) is 37.4 Å². The summed E-state index contributed by atoms with van der Waals surface area (Å²) in [5.74, 6) is -0.680. The van der Waals surface area contributed by atoms with Gasteiger partial charge >= 0.3 is 11.9 Å². The fourth-order valence-corrected chi connectivity index (χ4v) is 2.09. The van der Waals surface area contributed by atoms with Crippen molar-refractivity contribution in [2.45, 2.75) is 39.9 Å². The van der Waals surface area contributed by atoms with Gasteiger partial charge in [0.05, 0.1) is 22.3 Å². The number of benzene rings is 1. The predicted octanol–water partition coefficient (Wildman–Crippen LogP) is 3.65. The van der Waals surface area contributed by atoms with Crippen molar-refractivity contribution in [1.82, 2.24) is 0 Å². The molecule has 0 saturated carbocycles. The Balaban J connectivity index is 2.71. The van der Waals surface area contributed by atoms with E-state index in [1.807, 2.05) is 0 Å². The summed E-state index contributed by atoms with van der Waals surface area (Å²) in [7, 11) is 0. The Morgan fingerprint density at radius 1 is 0.833 bits per heavy atom. The van der Waals surface area contributed by atoms with E-state index in [9.17, 15) is 9.59 Å². The average Bonchev–Trinajstić information content (AvgIpc) is 2.43. The maximum Gasteiger partial charge on any atom is 0.344 e. The lowest BCUT2D eigenvalue weighted by Crippen LogP contribution is -2.19. The van der Waals surface area contributed by atoms with E-state index in [4.69, 9.17) is 42.1 Å². The number of hydrogen-bond donors (Lipinski definition) is 0. The molecule has 0 N–H and O–H groups in total. The second-order valence-electron chi connectivity index (χ2n) is 5.37. The Morgan fingerprint density at radius 2 is 1.21 bits per heavy atom. The number of hydrogen-bond acceptors (Lipinski definition) is 6. The van der Waals surface area contributed by atoms with Crippen LogP contribution in [0.3, 0.4) is 0 Å². The van der Waals surface area contributed by atoms with Gasteiger partial charge in [-0.1, -0.05) is 23.2 Å². The predicted molar refractivity (Wildman–Crippen MR) is 89.9 cm³/mol. The SMILES string of the molecule is CC(C)OC(=O)COc1cc(OCC(=O)OC(C)C)c(Cl)cc1Cl. The lowest BCUT2D eigenvalue weighted by atomic mass is 10.3. The molecule has 134 valence electrons. The maximum atomic E-state index is 11.5. The smallest absolute Gasteiger partial charge is 0.344 e. The van der Waals surface area contributed by atoms with Crippen molar-refractivity contribution >= 4 is 35.1 Å². The second kappa shape index (κ2) is 9.59. The van der Waals surface area contributed by atoms with Crippen LogP contribution in [0.2, 0.25) is 10.0 Å². The number of esters is 2. The molecule has 0 radical (unpaired) electrons. The minimum atomic E-state index is -0.529. The molecule has 0 aliphatic heterocycles. The molecule has 6 nitrogen and oxygen atoms in total. The van der Waals surface area contributed by atoms with Crippen LogP contribution in [-0.2, 0) is 19.1 Å². The van der Waals surface area contributed by atoms with Crippen LogP contribution in [0.15, 0.2) is 12.1 Å². The van der Waals surface area contributed by atoms with Gasteiger partial charge in [-0.05, 0) is 33.8 Å². The Hall–Kier alpha value is -1.66. The highest BCUT2D eigenvalue weighted by Crippen LogP contribution is 2.35. The fraction of sp³-hybridized carbons (Fsp3) is 0.500. The van der Waals surface area contributed by atoms with Crippen LogP contribution in [0.1, 0.15) is 27.7 Å². The molecule has 0 unspecified atom stereocenters. The molecule has 0 spiro atoms. The zero-order chi connectivity index (χ0) is 18.3. The highest BCUT2D eigenvalue weighted by molar-refractivity contribution is 6.36. The molecule has 24 heavy (non-hydrogen) atoms. The van der Waals surface area contributed by atoms with E-state index >= 15 is 0 Å². The zero-order valence-corrected chi connectivity index (χ0v) is 15.4. The Bertz CT molecular complexity index is 539. The van der Waals surface area contributed by atoms with Crippen molar-refractivity contribution < 1.29 is 28.5 Å². The molecule has 0 saturated heterocycles. The van der Waals surface area contributed by atoms with Gasteiger partial charge in [-0.2, -0.15) is 0 Å². The van der Waals surface area contributed by atoms with Crippen LogP contribution in [0.25, 0.3) is 0 Å². The molecule has 0 atom stereocenters. The van der Waals surface area contributed by atoms with Crippen molar-refractivity contribution in [3.8, 4) is 11.5 Å². The zero-order valence-electron chi connectivity index (χ0n) is 13.9. The summed E-state index contributed by atoms with van der Waals surface area (Å²) in [6, 6.07) is 2.80. The molecule has 0 heterocycles. The standard InChI is InChI=1S/C16H20Cl2O6/c1-9(2)23-15(19)7-21-13-6-14(12(18)5-11(13)17)22-8-16(20)24-10(3)4/h5-6,9-10H,7-8H2,1-4H3. The Morgan fingerprint density at radius 3 is 1.54 bits per heavy atom. The summed E-state index contributed by atoms with van der Waals surface area (Å²) in [6.07, 6.45) is -0.486. The van der Waals surface area contributed by atoms with E-state index in [1.165, 1.54) is 12.1 Å². The fourth-order valence-electron chi connectivity index (χ4n) is 1.60. The quantitative estimate of drug-likeness (QED) is 0.642. The minimum absolute atomic E-state index is 0.189. The van der Waals surface area contributed by atoms with Crippen molar-refractivity contribution in [3.63, 3.8) is 0 Å². The number of carbonyl (C=O) groups is 2. The molecule has 0 bridgehead atoms. The normalized spacial score (nSPS) is 10.7. The molecule has 8 heteroatoms. The Kier molecular flexibility index (Phi) is 8.15. The van der Waals surface area contributed by atoms with E-state index in [1.54, 1.807) is 27.7 Å². The van der Waals surface area contributed by atoms with Crippen molar-refractivity contribution in [1.29, 1.82) is 0 Å². The third-order valence-corrected chi connectivity index (χ3v) is 3.00. The number of ether oxygens (including phenoxy) is 4. The lowest BCUT2D eigenvalue weighted by molar-refractivity contribution is -0.150. The first-order valence-corrected chi connectivity index (χ1v) is 8.08. The molecule has 0 aromatic heterocycles. The van der Waals surface area contributed by atoms with Gasteiger partial charge in [-0.3, -0.25) is 0 Å². The third kappa shape index (κ3) is 7.27. The molecule has 1 aromatic rings. The van der Waals surface area contributed by atoms with E-state index in [0.29, 0.717) is 0 Å². The van der Waals surface area contributed by atoms with E-state index < -0.39 is 11.9 Å². The number of halogens is 2. The summed E-state index contributed by atoms with van der Waals surface area (Å²) in [4.78, 5) is 23.0.